The number of fused-ring (bicyclic) bond motifs is 1. The molecule has 1 aromatic carbocycles. The van der Waals surface area contributed by atoms with Crippen LogP contribution in [0.4, 0.5) is 0 Å². The molecule has 0 fully saturated rings. The minimum Gasteiger partial charge on any atom is -0.462 e. The molecule has 2 aromatic rings. The van der Waals surface area contributed by atoms with Crippen LogP contribution in [0.2, 0.25) is 0 Å². The number of para-hydroxylation sites is 1. The maximum absolute atomic E-state index is 11.7. The largest absolute Gasteiger partial charge is 0.462 e. The van der Waals surface area contributed by atoms with Gasteiger partial charge < -0.3 is 14.5 Å². The zero-order valence-electron chi connectivity index (χ0n) is 10.9. The van der Waals surface area contributed by atoms with E-state index in [2.05, 4.69) is 11.6 Å². The van der Waals surface area contributed by atoms with E-state index >= 15 is 0 Å². The summed E-state index contributed by atoms with van der Waals surface area (Å²) < 4.78 is 9.70. The van der Waals surface area contributed by atoms with Crippen molar-refractivity contribution < 1.29 is 19.1 Å². The van der Waals surface area contributed by atoms with Crippen molar-refractivity contribution in [2.75, 3.05) is 13.2 Å². The van der Waals surface area contributed by atoms with Gasteiger partial charge in [-0.3, -0.25) is 4.79 Å². The number of carbonyl (C=O) groups excluding carboxylic acids is 2. The average molecular weight is 273 g/mol. The van der Waals surface area contributed by atoms with E-state index in [0.717, 1.165) is 22.5 Å². The molecule has 0 amide bonds. The Morgan fingerprint density at radius 1 is 1.20 bits per heavy atom. The van der Waals surface area contributed by atoms with E-state index in [1.807, 2.05) is 24.3 Å². The quantitative estimate of drug-likeness (QED) is 0.496. The molecule has 0 aliphatic rings. The fourth-order valence-corrected chi connectivity index (χ4v) is 1.84. The number of carbonyl (C=O) groups is 2. The van der Waals surface area contributed by atoms with E-state index in [1.54, 1.807) is 6.20 Å². The Morgan fingerprint density at radius 2 is 1.95 bits per heavy atom. The van der Waals surface area contributed by atoms with E-state index in [9.17, 15) is 9.59 Å². The smallest absolute Gasteiger partial charge is 0.330 e. The van der Waals surface area contributed by atoms with Gasteiger partial charge in [0.25, 0.3) is 0 Å². The molecule has 5 nitrogen and oxygen atoms in total. The highest BCUT2D eigenvalue weighted by Crippen LogP contribution is 2.18. The van der Waals surface area contributed by atoms with Crippen LogP contribution in [0, 0.1) is 0 Å². The number of esters is 2. The molecule has 0 atom stereocenters. The van der Waals surface area contributed by atoms with Crippen molar-refractivity contribution >= 4 is 22.8 Å². The predicted octanol–water partition coefficient (Wildman–Crippen LogP) is 1.98. The number of benzene rings is 1. The summed E-state index contributed by atoms with van der Waals surface area (Å²) in [4.78, 5) is 25.5. The molecule has 0 bridgehead atoms. The van der Waals surface area contributed by atoms with Gasteiger partial charge in [0.15, 0.2) is 0 Å². The Labute approximate surface area is 116 Å². The highest BCUT2D eigenvalue weighted by Gasteiger charge is 2.09. The molecular weight excluding hydrogens is 258 g/mol. The summed E-state index contributed by atoms with van der Waals surface area (Å²) in [5.74, 6) is -0.887. The monoisotopic (exact) mass is 273 g/mol. The van der Waals surface area contributed by atoms with Crippen LogP contribution in [0.1, 0.15) is 5.56 Å². The number of H-pyrrole nitrogens is 1. The lowest BCUT2D eigenvalue weighted by atomic mass is 10.1. The molecule has 0 saturated carbocycles. The molecule has 1 aromatic heterocycles. The van der Waals surface area contributed by atoms with E-state index in [4.69, 9.17) is 9.47 Å². The summed E-state index contributed by atoms with van der Waals surface area (Å²) in [5.41, 5.74) is 1.86. The van der Waals surface area contributed by atoms with E-state index in [0.29, 0.717) is 0 Å². The molecule has 5 heteroatoms. The third kappa shape index (κ3) is 3.47. The molecular formula is C15H15NO4. The van der Waals surface area contributed by atoms with Crippen molar-refractivity contribution in [2.24, 2.45) is 0 Å². The minimum absolute atomic E-state index is 0.0322. The maximum Gasteiger partial charge on any atom is 0.330 e. The lowest BCUT2D eigenvalue weighted by Gasteiger charge is -2.04. The van der Waals surface area contributed by atoms with Gasteiger partial charge >= 0.3 is 11.9 Å². The third-order valence-corrected chi connectivity index (χ3v) is 2.77. The van der Waals surface area contributed by atoms with Crippen molar-refractivity contribution in [3.8, 4) is 0 Å². The lowest BCUT2D eigenvalue weighted by Crippen LogP contribution is -2.14. The first-order valence-corrected chi connectivity index (χ1v) is 6.20. The van der Waals surface area contributed by atoms with Gasteiger partial charge in [0.1, 0.15) is 13.2 Å². The van der Waals surface area contributed by atoms with Gasteiger partial charge in [-0.05, 0) is 11.6 Å². The topological polar surface area (TPSA) is 68.4 Å². The van der Waals surface area contributed by atoms with E-state index in [1.165, 1.54) is 0 Å². The number of nitrogens with one attached hydrogen (secondary N) is 1. The normalized spacial score (nSPS) is 10.2. The molecule has 0 unspecified atom stereocenters. The molecule has 0 aliphatic heterocycles. The molecule has 1 N–H and O–H groups in total. The summed E-state index contributed by atoms with van der Waals surface area (Å²) in [5, 5.41) is 1.00. The molecule has 0 radical (unpaired) electrons. The number of rotatable bonds is 6. The molecule has 1 heterocycles. The Hall–Kier alpha value is -2.56. The van der Waals surface area contributed by atoms with Crippen LogP contribution < -0.4 is 0 Å². The molecule has 0 spiro atoms. The fraction of sp³-hybridized carbons (Fsp3) is 0.200. The highest BCUT2D eigenvalue weighted by molar-refractivity contribution is 5.87. The minimum atomic E-state index is -0.530. The van der Waals surface area contributed by atoms with Crippen molar-refractivity contribution in [3.05, 3.63) is 48.7 Å². The van der Waals surface area contributed by atoms with Crippen molar-refractivity contribution in [2.45, 2.75) is 6.42 Å². The van der Waals surface area contributed by atoms with Gasteiger partial charge in [-0.2, -0.15) is 0 Å². The Kier molecular flexibility index (Phi) is 4.55. The van der Waals surface area contributed by atoms with E-state index < -0.39 is 5.97 Å². The fourth-order valence-electron chi connectivity index (χ4n) is 1.84. The number of aromatic nitrogens is 1. The molecule has 0 aliphatic carbocycles. The van der Waals surface area contributed by atoms with Crippen LogP contribution >= 0.6 is 0 Å². The predicted molar refractivity (Wildman–Crippen MR) is 74.1 cm³/mol. The van der Waals surface area contributed by atoms with Gasteiger partial charge in [0.05, 0.1) is 6.42 Å². The molecule has 2 rings (SSSR count). The number of ether oxygens (including phenoxy) is 2. The van der Waals surface area contributed by atoms with Gasteiger partial charge in [0, 0.05) is 23.2 Å². The second-order valence-corrected chi connectivity index (χ2v) is 4.13. The summed E-state index contributed by atoms with van der Waals surface area (Å²) in [6.45, 7) is 3.34. The Balaban J connectivity index is 1.83. The molecule has 0 saturated heterocycles. The van der Waals surface area contributed by atoms with Crippen molar-refractivity contribution in [1.82, 2.24) is 4.98 Å². The number of aromatic amines is 1. The van der Waals surface area contributed by atoms with Crippen molar-refractivity contribution in [1.29, 1.82) is 0 Å². The second kappa shape index (κ2) is 6.56. The third-order valence-electron chi connectivity index (χ3n) is 2.77. The number of hydrogen-bond acceptors (Lipinski definition) is 4. The summed E-state index contributed by atoms with van der Waals surface area (Å²) in [6, 6.07) is 7.73. The van der Waals surface area contributed by atoms with Crippen LogP contribution in [-0.2, 0) is 25.5 Å². The Morgan fingerprint density at radius 3 is 2.75 bits per heavy atom. The van der Waals surface area contributed by atoms with Gasteiger partial charge in [-0.1, -0.05) is 24.8 Å². The highest BCUT2D eigenvalue weighted by atomic mass is 16.6. The number of hydrogen-bond donors (Lipinski definition) is 1. The van der Waals surface area contributed by atoms with Gasteiger partial charge in [0.2, 0.25) is 0 Å². The zero-order valence-corrected chi connectivity index (χ0v) is 10.9. The van der Waals surface area contributed by atoms with Gasteiger partial charge in [-0.15, -0.1) is 0 Å². The van der Waals surface area contributed by atoms with Crippen molar-refractivity contribution in [3.63, 3.8) is 0 Å². The summed E-state index contributed by atoms with van der Waals surface area (Å²) >= 11 is 0. The summed E-state index contributed by atoms with van der Waals surface area (Å²) in [7, 11) is 0. The standard InChI is InChI=1S/C15H15NO4/c1-2-14(17)19-7-8-20-15(18)9-11-10-16-13-6-4-3-5-12(11)13/h2-6,10,16H,1,7-9H2. The maximum atomic E-state index is 11.7. The first-order chi connectivity index (χ1) is 9.70. The first-order valence-electron chi connectivity index (χ1n) is 6.20. The van der Waals surface area contributed by atoms with Crippen LogP contribution in [-0.4, -0.2) is 30.1 Å². The van der Waals surface area contributed by atoms with Gasteiger partial charge in [-0.25, -0.2) is 4.79 Å². The second-order valence-electron chi connectivity index (χ2n) is 4.13. The zero-order chi connectivity index (χ0) is 14.4. The summed E-state index contributed by atoms with van der Waals surface area (Å²) in [6.07, 6.45) is 3.04. The SMILES string of the molecule is C=CC(=O)OCCOC(=O)Cc1c[nH]c2ccccc12. The Bertz CT molecular complexity index is 630. The first kappa shape index (κ1) is 13.9. The lowest BCUT2D eigenvalue weighted by molar-refractivity contribution is -0.149. The van der Waals surface area contributed by atoms with Crippen LogP contribution in [0.15, 0.2) is 43.1 Å². The molecule has 20 heavy (non-hydrogen) atoms. The van der Waals surface area contributed by atoms with Crippen LogP contribution in [0.3, 0.4) is 0 Å². The van der Waals surface area contributed by atoms with Crippen LogP contribution in [0.25, 0.3) is 10.9 Å². The average Bonchev–Trinajstić information content (AvgIpc) is 2.86. The molecule has 104 valence electrons. The van der Waals surface area contributed by atoms with Crippen LogP contribution in [0.5, 0.6) is 0 Å². The van der Waals surface area contributed by atoms with E-state index in [-0.39, 0.29) is 25.6 Å².